The summed E-state index contributed by atoms with van der Waals surface area (Å²) in [7, 11) is 1.15. The van der Waals surface area contributed by atoms with Gasteiger partial charge in [0, 0.05) is 12.8 Å². The van der Waals surface area contributed by atoms with Gasteiger partial charge in [-0.05, 0) is 38.5 Å². The molecule has 0 aromatic rings. The summed E-state index contributed by atoms with van der Waals surface area (Å²) in [6.07, 6.45) is 40.7. The summed E-state index contributed by atoms with van der Waals surface area (Å²) in [5.41, 5.74) is 0. The summed E-state index contributed by atoms with van der Waals surface area (Å²) in [4.78, 5) is 37.5. The van der Waals surface area contributed by atoms with Gasteiger partial charge < -0.3 is 27.9 Å². The highest BCUT2D eigenvalue weighted by Crippen LogP contribution is 2.38. The topological polar surface area (TPSA) is 111 Å². The first-order chi connectivity index (χ1) is 26.5. The van der Waals surface area contributed by atoms with Gasteiger partial charge in [-0.3, -0.25) is 14.2 Å². The second kappa shape index (κ2) is 38.0. The maximum absolute atomic E-state index is 12.7. The van der Waals surface area contributed by atoms with E-state index in [9.17, 15) is 19.0 Å². The molecule has 0 N–H and O–H groups in total. The average molecular weight is 800 g/mol. The molecule has 0 saturated carbocycles. The molecular formula is C45H86NO8P. The molecule has 0 aliphatic carbocycles. The summed E-state index contributed by atoms with van der Waals surface area (Å²) in [5.74, 6) is -0.880. The van der Waals surface area contributed by atoms with Crippen LogP contribution >= 0.6 is 7.82 Å². The summed E-state index contributed by atoms with van der Waals surface area (Å²) < 4.78 is 33.8. The summed E-state index contributed by atoms with van der Waals surface area (Å²) in [6, 6.07) is 0. The number of carbonyl (C=O) groups excluding carboxylic acids is 2. The fourth-order valence-electron chi connectivity index (χ4n) is 6.16. The van der Waals surface area contributed by atoms with Crippen molar-refractivity contribution in [2.45, 2.75) is 206 Å². The van der Waals surface area contributed by atoms with Crippen LogP contribution in [0.5, 0.6) is 0 Å². The number of hydrogen-bond acceptors (Lipinski definition) is 8. The Hall–Kier alpha value is -1.51. The number of rotatable bonds is 41. The third kappa shape index (κ3) is 41.9. The van der Waals surface area contributed by atoms with Crippen molar-refractivity contribution in [1.82, 2.24) is 0 Å². The van der Waals surface area contributed by atoms with Crippen LogP contribution in [-0.2, 0) is 32.7 Å². The van der Waals surface area contributed by atoms with Gasteiger partial charge in [-0.25, -0.2) is 0 Å². The fraction of sp³-hybridized carbons (Fsp3) is 0.867. The number of esters is 2. The summed E-state index contributed by atoms with van der Waals surface area (Å²) >= 11 is 0. The van der Waals surface area contributed by atoms with E-state index in [-0.39, 0.29) is 26.1 Å². The lowest BCUT2D eigenvalue weighted by Gasteiger charge is -2.28. The van der Waals surface area contributed by atoms with Crippen molar-refractivity contribution in [1.29, 1.82) is 0 Å². The molecule has 0 bridgehead atoms. The van der Waals surface area contributed by atoms with Gasteiger partial charge in [0.05, 0.1) is 27.7 Å². The number of quaternary nitrogens is 1. The minimum Gasteiger partial charge on any atom is -0.756 e. The van der Waals surface area contributed by atoms with Crippen molar-refractivity contribution in [2.75, 3.05) is 47.5 Å². The first-order valence-corrected chi connectivity index (χ1v) is 24.0. The standard InChI is InChI=1S/C45H86NO8P/c1-6-8-10-12-14-16-18-20-22-23-24-26-28-30-32-34-36-38-45(48)54-43(42-53-55(49,50)52-40-39-46(3,4)5)41-51-44(47)37-35-33-31-29-27-25-21-19-17-15-13-11-9-7-2/h24,26,30,32,43H,6-23,25,27-29,31,33-42H2,1-5H3/b26-24+,32-30+/t43-/m1/s1. The number of allylic oxidation sites excluding steroid dienone is 4. The molecule has 2 atom stereocenters. The Morgan fingerprint density at radius 1 is 0.564 bits per heavy atom. The monoisotopic (exact) mass is 800 g/mol. The number of hydrogen-bond donors (Lipinski definition) is 0. The Bertz CT molecular complexity index is 996. The van der Waals surface area contributed by atoms with Gasteiger partial charge in [0.2, 0.25) is 0 Å². The van der Waals surface area contributed by atoms with Crippen molar-refractivity contribution < 1.29 is 42.1 Å². The number of carbonyl (C=O) groups is 2. The molecule has 0 amide bonds. The molecule has 0 aromatic heterocycles. The number of likely N-dealkylation sites (N-methyl/N-ethyl adjacent to an activating group) is 1. The first-order valence-electron chi connectivity index (χ1n) is 22.5. The van der Waals surface area contributed by atoms with Gasteiger partial charge in [-0.2, -0.15) is 0 Å². The third-order valence-electron chi connectivity index (χ3n) is 9.72. The number of nitrogens with zero attached hydrogens (tertiary/aromatic N) is 1. The van der Waals surface area contributed by atoms with Crippen molar-refractivity contribution in [2.24, 2.45) is 0 Å². The van der Waals surface area contributed by atoms with E-state index in [1.807, 2.05) is 21.1 Å². The minimum absolute atomic E-state index is 0.0362. The normalized spacial score (nSPS) is 13.8. The number of ether oxygens (including phenoxy) is 2. The van der Waals surface area contributed by atoms with Crippen LogP contribution in [0, 0.1) is 0 Å². The highest BCUT2D eigenvalue weighted by molar-refractivity contribution is 7.45. The van der Waals surface area contributed by atoms with Crippen LogP contribution in [0.2, 0.25) is 0 Å². The molecule has 1 unspecified atom stereocenters. The zero-order valence-corrected chi connectivity index (χ0v) is 37.3. The molecule has 0 fully saturated rings. The molecule has 0 aliphatic heterocycles. The maximum atomic E-state index is 12.7. The third-order valence-corrected chi connectivity index (χ3v) is 10.7. The van der Waals surface area contributed by atoms with Crippen LogP contribution in [-0.4, -0.2) is 70.0 Å². The van der Waals surface area contributed by atoms with Crippen molar-refractivity contribution >= 4 is 19.8 Å². The smallest absolute Gasteiger partial charge is 0.306 e. The Morgan fingerprint density at radius 3 is 1.49 bits per heavy atom. The van der Waals surface area contributed by atoms with Gasteiger partial charge in [-0.1, -0.05) is 173 Å². The van der Waals surface area contributed by atoms with Gasteiger partial charge in [0.25, 0.3) is 7.82 Å². The van der Waals surface area contributed by atoms with E-state index in [2.05, 4.69) is 38.2 Å². The SMILES string of the molecule is CCCCCCCCCCC/C=C/C/C=C/CCCC(=O)O[C@H](COC(=O)CCCCCCCCCCCCCCCC)COP(=O)([O-])OCC[N+](C)(C)C. The van der Waals surface area contributed by atoms with E-state index < -0.39 is 32.5 Å². The Morgan fingerprint density at radius 2 is 1.00 bits per heavy atom. The molecule has 0 spiro atoms. The molecule has 0 rings (SSSR count). The Balaban J connectivity index is 4.40. The van der Waals surface area contributed by atoms with Crippen LogP contribution in [0.15, 0.2) is 24.3 Å². The quantitative estimate of drug-likeness (QED) is 0.0198. The van der Waals surface area contributed by atoms with Crippen LogP contribution < -0.4 is 4.89 Å². The lowest BCUT2D eigenvalue weighted by Crippen LogP contribution is -2.37. The molecule has 0 heterocycles. The van der Waals surface area contributed by atoms with E-state index in [0.717, 1.165) is 38.5 Å². The fourth-order valence-corrected chi connectivity index (χ4v) is 6.89. The highest BCUT2D eigenvalue weighted by atomic mass is 31.2. The zero-order valence-electron chi connectivity index (χ0n) is 36.4. The van der Waals surface area contributed by atoms with E-state index in [1.54, 1.807) is 0 Å². The van der Waals surface area contributed by atoms with Crippen molar-refractivity contribution in [3.05, 3.63) is 24.3 Å². The van der Waals surface area contributed by atoms with E-state index in [0.29, 0.717) is 17.4 Å². The van der Waals surface area contributed by atoms with Crippen molar-refractivity contribution in [3.8, 4) is 0 Å². The molecular weight excluding hydrogens is 713 g/mol. The molecule has 0 aromatic carbocycles. The molecule has 55 heavy (non-hydrogen) atoms. The molecule has 10 heteroatoms. The minimum atomic E-state index is -4.63. The van der Waals surface area contributed by atoms with Crippen LogP contribution in [0.3, 0.4) is 0 Å². The van der Waals surface area contributed by atoms with E-state index >= 15 is 0 Å². The highest BCUT2D eigenvalue weighted by Gasteiger charge is 2.21. The van der Waals surface area contributed by atoms with Gasteiger partial charge in [0.15, 0.2) is 6.10 Å². The average Bonchev–Trinajstić information content (AvgIpc) is 3.13. The van der Waals surface area contributed by atoms with Gasteiger partial charge in [0.1, 0.15) is 19.8 Å². The van der Waals surface area contributed by atoms with Crippen molar-refractivity contribution in [3.63, 3.8) is 0 Å². The van der Waals surface area contributed by atoms with E-state index in [1.165, 1.54) is 128 Å². The molecule has 0 radical (unpaired) electrons. The number of unbranched alkanes of at least 4 members (excludes halogenated alkanes) is 23. The zero-order chi connectivity index (χ0) is 40.7. The predicted molar refractivity (Wildman–Crippen MR) is 227 cm³/mol. The summed E-state index contributed by atoms with van der Waals surface area (Å²) in [5, 5.41) is 0. The van der Waals surface area contributed by atoms with Crippen LogP contribution in [0.4, 0.5) is 0 Å². The van der Waals surface area contributed by atoms with Crippen LogP contribution in [0.25, 0.3) is 0 Å². The number of phosphoric ester groups is 1. The van der Waals surface area contributed by atoms with Crippen LogP contribution in [0.1, 0.15) is 200 Å². The lowest BCUT2D eigenvalue weighted by molar-refractivity contribution is -0.870. The second-order valence-electron chi connectivity index (χ2n) is 16.4. The van der Waals surface area contributed by atoms with Gasteiger partial charge >= 0.3 is 11.9 Å². The Labute approximate surface area is 339 Å². The maximum Gasteiger partial charge on any atom is 0.306 e. The Kier molecular flexibility index (Phi) is 37.0. The second-order valence-corrected chi connectivity index (χ2v) is 17.8. The van der Waals surface area contributed by atoms with Gasteiger partial charge in [-0.15, -0.1) is 0 Å². The number of phosphoric acid groups is 1. The molecule has 9 nitrogen and oxygen atoms in total. The molecule has 0 saturated heterocycles. The lowest BCUT2D eigenvalue weighted by atomic mass is 10.0. The predicted octanol–water partition coefficient (Wildman–Crippen LogP) is 12.1. The summed E-state index contributed by atoms with van der Waals surface area (Å²) in [6.45, 7) is 4.19. The van der Waals surface area contributed by atoms with E-state index in [4.69, 9.17) is 18.5 Å². The largest absolute Gasteiger partial charge is 0.756 e. The molecule has 0 aliphatic rings. The molecule has 324 valence electrons. The first kappa shape index (κ1) is 53.5.